The van der Waals surface area contributed by atoms with Crippen LogP contribution >= 0.6 is 0 Å². The Labute approximate surface area is 103 Å². The van der Waals surface area contributed by atoms with Gasteiger partial charge in [-0.3, -0.25) is 0 Å². The topological polar surface area (TPSA) is 58.9 Å². The van der Waals surface area contributed by atoms with Gasteiger partial charge in [0.2, 0.25) is 0 Å². The maximum Gasteiger partial charge on any atom is 0.120 e. The van der Waals surface area contributed by atoms with Crippen LogP contribution in [0.4, 0.5) is 0 Å². The van der Waals surface area contributed by atoms with Crippen molar-refractivity contribution in [3.63, 3.8) is 0 Å². The highest BCUT2D eigenvalue weighted by atomic mass is 16.6. The summed E-state index contributed by atoms with van der Waals surface area (Å²) in [5, 5.41) is 18.6. The summed E-state index contributed by atoms with van der Waals surface area (Å²) in [5.41, 5.74) is -0.502. The molecule has 0 radical (unpaired) electrons. The molecule has 0 spiro atoms. The maximum absolute atomic E-state index is 9.66. The van der Waals surface area contributed by atoms with E-state index in [4.69, 9.17) is 14.6 Å². The molecule has 2 rings (SSSR count). The van der Waals surface area contributed by atoms with Crippen LogP contribution in [0.5, 0.6) is 0 Å². The minimum Gasteiger partial charge on any atom is -0.396 e. The predicted molar refractivity (Wildman–Crippen MR) is 63.8 cm³/mol. The van der Waals surface area contributed by atoms with Crippen molar-refractivity contribution in [2.75, 3.05) is 13.2 Å². The lowest BCUT2D eigenvalue weighted by Gasteiger charge is -2.40. The molecular weight excluding hydrogens is 220 g/mol. The summed E-state index contributed by atoms with van der Waals surface area (Å²) in [4.78, 5) is 0. The van der Waals surface area contributed by atoms with Crippen LogP contribution in [0.25, 0.3) is 0 Å². The molecule has 17 heavy (non-hydrogen) atoms. The summed E-state index contributed by atoms with van der Waals surface area (Å²) in [6.45, 7) is 2.32. The Kier molecular flexibility index (Phi) is 4.42. The quantitative estimate of drug-likeness (QED) is 0.764. The summed E-state index contributed by atoms with van der Waals surface area (Å²) >= 11 is 0. The van der Waals surface area contributed by atoms with Crippen molar-refractivity contribution in [1.29, 1.82) is 0 Å². The third-order valence-corrected chi connectivity index (χ3v) is 4.00. The number of hydrogen-bond acceptors (Lipinski definition) is 4. The molecule has 0 aromatic heterocycles. The molecule has 100 valence electrons. The van der Waals surface area contributed by atoms with Crippen LogP contribution in [0, 0.1) is 0 Å². The van der Waals surface area contributed by atoms with Gasteiger partial charge in [-0.25, -0.2) is 0 Å². The molecule has 0 aliphatic carbocycles. The van der Waals surface area contributed by atoms with Crippen molar-refractivity contribution in [2.24, 2.45) is 0 Å². The predicted octanol–water partition coefficient (Wildman–Crippen LogP) is 1.24. The number of fused-ring (bicyclic) bond motifs is 1. The molecule has 2 N–H and O–H groups in total. The Bertz CT molecular complexity index is 242. The van der Waals surface area contributed by atoms with E-state index in [-0.39, 0.29) is 31.5 Å². The van der Waals surface area contributed by atoms with Gasteiger partial charge >= 0.3 is 0 Å². The summed E-state index contributed by atoms with van der Waals surface area (Å²) in [7, 11) is 0. The lowest BCUT2D eigenvalue weighted by molar-refractivity contribution is -0.185. The molecule has 2 saturated heterocycles. The normalized spacial score (nSPS) is 41.5. The largest absolute Gasteiger partial charge is 0.396 e. The van der Waals surface area contributed by atoms with Crippen molar-refractivity contribution >= 4 is 0 Å². The zero-order valence-corrected chi connectivity index (χ0v) is 10.6. The van der Waals surface area contributed by atoms with Crippen molar-refractivity contribution in [2.45, 2.75) is 69.4 Å². The van der Waals surface area contributed by atoms with Crippen LogP contribution in [0.2, 0.25) is 0 Å². The van der Waals surface area contributed by atoms with Gasteiger partial charge in [0.05, 0.1) is 24.9 Å². The number of aliphatic hydroxyl groups excluding tert-OH is 2. The van der Waals surface area contributed by atoms with Crippen molar-refractivity contribution in [3.05, 3.63) is 0 Å². The zero-order valence-electron chi connectivity index (χ0n) is 10.6. The standard InChI is InChI=1S/C13H24O4/c1-2-3-11-8-13(9-15)12(16-11)5-4-10(17-13)6-7-14/h10-12,14-15H,2-9H2,1H3. The van der Waals surface area contributed by atoms with E-state index in [0.717, 1.165) is 32.1 Å². The van der Waals surface area contributed by atoms with E-state index in [1.165, 1.54) is 0 Å². The average molecular weight is 244 g/mol. The van der Waals surface area contributed by atoms with Gasteiger partial charge in [-0.15, -0.1) is 0 Å². The van der Waals surface area contributed by atoms with Gasteiger partial charge in [-0.05, 0) is 25.7 Å². The smallest absolute Gasteiger partial charge is 0.120 e. The van der Waals surface area contributed by atoms with Crippen molar-refractivity contribution < 1.29 is 19.7 Å². The van der Waals surface area contributed by atoms with Crippen LogP contribution in [0.15, 0.2) is 0 Å². The molecule has 0 amide bonds. The molecule has 0 aromatic carbocycles. The van der Waals surface area contributed by atoms with Crippen molar-refractivity contribution in [1.82, 2.24) is 0 Å². The highest BCUT2D eigenvalue weighted by Gasteiger charge is 2.52. The Hall–Kier alpha value is -0.160. The second-order valence-corrected chi connectivity index (χ2v) is 5.29. The molecule has 4 atom stereocenters. The summed E-state index contributed by atoms with van der Waals surface area (Å²) in [6, 6.07) is 0. The third kappa shape index (κ3) is 2.65. The van der Waals surface area contributed by atoms with E-state index in [2.05, 4.69) is 6.92 Å². The summed E-state index contributed by atoms with van der Waals surface area (Å²) in [5.74, 6) is 0. The first kappa shape index (κ1) is 13.3. The number of aliphatic hydroxyl groups is 2. The lowest BCUT2D eigenvalue weighted by atomic mass is 9.86. The maximum atomic E-state index is 9.66. The summed E-state index contributed by atoms with van der Waals surface area (Å²) < 4.78 is 12.0. The summed E-state index contributed by atoms with van der Waals surface area (Å²) in [6.07, 6.45) is 5.79. The molecule has 4 heteroatoms. The molecule has 0 bridgehead atoms. The number of hydrogen-bond donors (Lipinski definition) is 2. The van der Waals surface area contributed by atoms with Crippen molar-refractivity contribution in [3.8, 4) is 0 Å². The van der Waals surface area contributed by atoms with E-state index in [1.807, 2.05) is 0 Å². The molecule has 2 aliphatic rings. The molecule has 4 unspecified atom stereocenters. The molecule has 4 nitrogen and oxygen atoms in total. The fraction of sp³-hybridized carbons (Fsp3) is 1.00. The highest BCUT2D eigenvalue weighted by molar-refractivity contribution is 5.00. The SMILES string of the molecule is CCCC1CC2(CO)OC(CCO)CCC2O1. The van der Waals surface area contributed by atoms with Crippen LogP contribution in [-0.4, -0.2) is 47.3 Å². The Morgan fingerprint density at radius 1 is 1.18 bits per heavy atom. The van der Waals surface area contributed by atoms with Crippen LogP contribution in [-0.2, 0) is 9.47 Å². The minimum atomic E-state index is -0.502. The molecule has 0 saturated carbocycles. The van der Waals surface area contributed by atoms with E-state index in [1.54, 1.807) is 0 Å². The van der Waals surface area contributed by atoms with Crippen LogP contribution in [0.3, 0.4) is 0 Å². The zero-order chi connectivity index (χ0) is 12.3. The van der Waals surface area contributed by atoms with Gasteiger partial charge in [0, 0.05) is 13.0 Å². The fourth-order valence-corrected chi connectivity index (χ4v) is 3.15. The molecule has 2 fully saturated rings. The van der Waals surface area contributed by atoms with E-state index >= 15 is 0 Å². The Morgan fingerprint density at radius 3 is 2.65 bits per heavy atom. The first-order valence-electron chi connectivity index (χ1n) is 6.79. The monoisotopic (exact) mass is 244 g/mol. The molecule has 2 heterocycles. The number of rotatable bonds is 5. The van der Waals surface area contributed by atoms with Crippen LogP contribution in [0.1, 0.15) is 45.4 Å². The Balaban J connectivity index is 2.01. The number of ether oxygens (including phenoxy) is 2. The molecular formula is C13H24O4. The Morgan fingerprint density at radius 2 is 2.00 bits per heavy atom. The lowest BCUT2D eigenvalue weighted by Crippen LogP contribution is -2.51. The highest BCUT2D eigenvalue weighted by Crippen LogP contribution is 2.42. The fourth-order valence-electron chi connectivity index (χ4n) is 3.15. The van der Waals surface area contributed by atoms with Gasteiger partial charge in [0.15, 0.2) is 0 Å². The second kappa shape index (κ2) is 5.65. The molecule has 0 aromatic rings. The third-order valence-electron chi connectivity index (χ3n) is 4.00. The van der Waals surface area contributed by atoms with Gasteiger partial charge in [0.25, 0.3) is 0 Å². The van der Waals surface area contributed by atoms with E-state index < -0.39 is 5.60 Å². The average Bonchev–Trinajstić information content (AvgIpc) is 2.68. The van der Waals surface area contributed by atoms with Gasteiger partial charge in [-0.1, -0.05) is 13.3 Å². The second-order valence-electron chi connectivity index (χ2n) is 5.29. The van der Waals surface area contributed by atoms with Gasteiger partial charge in [0.1, 0.15) is 5.60 Å². The van der Waals surface area contributed by atoms with Gasteiger partial charge in [-0.2, -0.15) is 0 Å². The minimum absolute atomic E-state index is 0.0276. The molecule has 2 aliphatic heterocycles. The van der Waals surface area contributed by atoms with Gasteiger partial charge < -0.3 is 19.7 Å². The van der Waals surface area contributed by atoms with E-state index in [0.29, 0.717) is 6.42 Å². The first-order chi connectivity index (χ1) is 8.24. The van der Waals surface area contributed by atoms with Crippen LogP contribution < -0.4 is 0 Å². The first-order valence-corrected chi connectivity index (χ1v) is 6.79. The van der Waals surface area contributed by atoms with E-state index in [9.17, 15) is 5.11 Å².